The van der Waals surface area contributed by atoms with E-state index in [4.69, 9.17) is 9.47 Å². The number of carbonyl (C=O) groups excluding carboxylic acids is 2. The van der Waals surface area contributed by atoms with Crippen molar-refractivity contribution < 1.29 is 19.1 Å². The van der Waals surface area contributed by atoms with Crippen molar-refractivity contribution in [1.29, 1.82) is 0 Å². The average molecular weight is 256 g/mol. The Kier molecular flexibility index (Phi) is 6.16. The number of cyclic esters (lactones) is 2. The van der Waals surface area contributed by atoms with Gasteiger partial charge in [0, 0.05) is 13.3 Å². The van der Waals surface area contributed by atoms with E-state index in [1.54, 1.807) is 6.92 Å². The van der Waals surface area contributed by atoms with Crippen molar-refractivity contribution in [3.05, 3.63) is 0 Å². The van der Waals surface area contributed by atoms with Crippen molar-refractivity contribution in [2.45, 2.75) is 77.4 Å². The second-order valence-corrected chi connectivity index (χ2v) is 5.13. The van der Waals surface area contributed by atoms with E-state index >= 15 is 0 Å². The fourth-order valence-corrected chi connectivity index (χ4v) is 2.20. The summed E-state index contributed by atoms with van der Waals surface area (Å²) in [6, 6.07) is 0. The van der Waals surface area contributed by atoms with Crippen molar-refractivity contribution in [3.63, 3.8) is 0 Å². The zero-order valence-electron chi connectivity index (χ0n) is 11.5. The number of esters is 2. The molecule has 0 aliphatic carbocycles. The Morgan fingerprint density at radius 3 is 2.00 bits per heavy atom. The summed E-state index contributed by atoms with van der Waals surface area (Å²) in [5.74, 6) is -1.98. The first-order valence-electron chi connectivity index (χ1n) is 6.99. The Morgan fingerprint density at radius 2 is 1.44 bits per heavy atom. The highest BCUT2D eigenvalue weighted by Gasteiger charge is 2.38. The van der Waals surface area contributed by atoms with Crippen molar-refractivity contribution in [2.24, 2.45) is 0 Å². The largest absolute Gasteiger partial charge is 0.422 e. The standard InChI is InChI=1S/C14H24O4/c1-3-4-5-6-7-8-9-10-14(2)17-12(15)11-13(16)18-14/h3-11H2,1-2H3. The number of unbranched alkanes of at least 4 members (excludes halogenated alkanes) is 6. The maximum Gasteiger partial charge on any atom is 0.320 e. The minimum Gasteiger partial charge on any atom is -0.422 e. The van der Waals surface area contributed by atoms with Gasteiger partial charge in [0.2, 0.25) is 0 Å². The monoisotopic (exact) mass is 256 g/mol. The van der Waals surface area contributed by atoms with Gasteiger partial charge in [-0.05, 0) is 6.42 Å². The van der Waals surface area contributed by atoms with Crippen LogP contribution in [-0.4, -0.2) is 17.7 Å². The smallest absolute Gasteiger partial charge is 0.320 e. The maximum atomic E-state index is 11.2. The Hall–Kier alpha value is -1.06. The van der Waals surface area contributed by atoms with Gasteiger partial charge in [-0.2, -0.15) is 0 Å². The van der Waals surface area contributed by atoms with Gasteiger partial charge >= 0.3 is 11.9 Å². The van der Waals surface area contributed by atoms with Crippen LogP contribution in [0, 0.1) is 0 Å². The molecule has 1 aliphatic rings. The predicted molar refractivity (Wildman–Crippen MR) is 67.8 cm³/mol. The molecule has 0 aromatic rings. The first-order valence-corrected chi connectivity index (χ1v) is 6.99. The fraction of sp³-hybridized carbons (Fsp3) is 0.857. The summed E-state index contributed by atoms with van der Waals surface area (Å²) in [4.78, 5) is 22.3. The molecule has 0 spiro atoms. The van der Waals surface area contributed by atoms with Crippen LogP contribution in [0.3, 0.4) is 0 Å². The third-order valence-corrected chi connectivity index (χ3v) is 3.18. The Morgan fingerprint density at radius 1 is 0.944 bits per heavy atom. The van der Waals surface area contributed by atoms with Gasteiger partial charge in [0.25, 0.3) is 5.79 Å². The molecule has 104 valence electrons. The zero-order valence-corrected chi connectivity index (χ0v) is 11.5. The molecular weight excluding hydrogens is 232 g/mol. The first-order chi connectivity index (χ1) is 8.56. The average Bonchev–Trinajstić information content (AvgIpc) is 2.26. The number of hydrogen-bond acceptors (Lipinski definition) is 4. The summed E-state index contributed by atoms with van der Waals surface area (Å²) in [5.41, 5.74) is 0. The lowest BCUT2D eigenvalue weighted by atomic mass is 10.0. The highest BCUT2D eigenvalue weighted by atomic mass is 16.7. The first kappa shape index (κ1) is 15.0. The molecule has 0 aromatic heterocycles. The SMILES string of the molecule is CCCCCCCCCC1(C)OC(=O)CC(=O)O1. The van der Waals surface area contributed by atoms with Gasteiger partial charge in [-0.25, -0.2) is 0 Å². The molecule has 4 nitrogen and oxygen atoms in total. The predicted octanol–water partition coefficient (Wildman–Crippen LogP) is 3.33. The topological polar surface area (TPSA) is 52.6 Å². The fourth-order valence-electron chi connectivity index (χ4n) is 2.20. The van der Waals surface area contributed by atoms with E-state index in [0.29, 0.717) is 6.42 Å². The van der Waals surface area contributed by atoms with Crippen LogP contribution in [0.5, 0.6) is 0 Å². The van der Waals surface area contributed by atoms with E-state index in [2.05, 4.69) is 6.92 Å². The Bertz CT molecular complexity index is 270. The molecular formula is C14H24O4. The van der Waals surface area contributed by atoms with Crippen LogP contribution in [0.4, 0.5) is 0 Å². The summed E-state index contributed by atoms with van der Waals surface area (Å²) < 4.78 is 10.2. The molecule has 1 saturated heterocycles. The molecule has 0 amide bonds. The summed E-state index contributed by atoms with van der Waals surface area (Å²) in [7, 11) is 0. The molecule has 0 atom stereocenters. The van der Waals surface area contributed by atoms with Crippen molar-refractivity contribution >= 4 is 11.9 Å². The highest BCUT2D eigenvalue weighted by molar-refractivity contribution is 5.93. The van der Waals surface area contributed by atoms with Gasteiger partial charge in [0.15, 0.2) is 0 Å². The summed E-state index contributed by atoms with van der Waals surface area (Å²) in [6.07, 6.45) is 8.64. The van der Waals surface area contributed by atoms with Gasteiger partial charge in [0.1, 0.15) is 6.42 Å². The van der Waals surface area contributed by atoms with Crippen LogP contribution >= 0.6 is 0 Å². The molecule has 18 heavy (non-hydrogen) atoms. The second kappa shape index (κ2) is 7.39. The van der Waals surface area contributed by atoms with E-state index < -0.39 is 17.7 Å². The molecule has 0 N–H and O–H groups in total. The van der Waals surface area contributed by atoms with Crippen LogP contribution in [0.15, 0.2) is 0 Å². The molecule has 1 rings (SSSR count). The Balaban J connectivity index is 2.13. The molecule has 0 aromatic carbocycles. The van der Waals surface area contributed by atoms with Gasteiger partial charge in [-0.15, -0.1) is 0 Å². The summed E-state index contributed by atoms with van der Waals surface area (Å²) >= 11 is 0. The summed E-state index contributed by atoms with van der Waals surface area (Å²) in [6.45, 7) is 3.87. The third-order valence-electron chi connectivity index (χ3n) is 3.18. The lowest BCUT2D eigenvalue weighted by molar-refractivity contribution is -0.239. The van der Waals surface area contributed by atoms with Crippen LogP contribution in [0.1, 0.15) is 71.6 Å². The van der Waals surface area contributed by atoms with Crippen molar-refractivity contribution in [1.82, 2.24) is 0 Å². The molecule has 1 aliphatic heterocycles. The number of hydrogen-bond donors (Lipinski definition) is 0. The Labute approximate surface area is 109 Å². The molecule has 0 bridgehead atoms. The van der Waals surface area contributed by atoms with Crippen LogP contribution in [-0.2, 0) is 19.1 Å². The molecule has 0 saturated carbocycles. The minimum atomic E-state index is -1.03. The maximum absolute atomic E-state index is 11.2. The summed E-state index contributed by atoms with van der Waals surface area (Å²) in [5, 5.41) is 0. The molecule has 4 heteroatoms. The van der Waals surface area contributed by atoms with Crippen molar-refractivity contribution in [2.75, 3.05) is 0 Å². The normalized spacial score (nSPS) is 18.3. The third kappa shape index (κ3) is 5.52. The minimum absolute atomic E-state index is 0.257. The van der Waals surface area contributed by atoms with Gasteiger partial charge < -0.3 is 9.47 Å². The van der Waals surface area contributed by atoms with E-state index in [1.807, 2.05) is 0 Å². The van der Waals surface area contributed by atoms with Gasteiger partial charge in [0.05, 0.1) is 0 Å². The molecule has 0 radical (unpaired) electrons. The molecule has 1 fully saturated rings. The quantitative estimate of drug-likeness (QED) is 0.380. The zero-order chi connectivity index (χ0) is 13.4. The van der Waals surface area contributed by atoms with Crippen LogP contribution in [0.2, 0.25) is 0 Å². The van der Waals surface area contributed by atoms with Crippen LogP contribution in [0.25, 0.3) is 0 Å². The second-order valence-electron chi connectivity index (χ2n) is 5.13. The van der Waals surface area contributed by atoms with Crippen molar-refractivity contribution in [3.8, 4) is 0 Å². The molecule has 1 heterocycles. The van der Waals surface area contributed by atoms with Gasteiger partial charge in [-0.3, -0.25) is 9.59 Å². The number of ether oxygens (including phenoxy) is 2. The van der Waals surface area contributed by atoms with E-state index in [-0.39, 0.29) is 6.42 Å². The number of carbonyl (C=O) groups is 2. The van der Waals surface area contributed by atoms with E-state index in [0.717, 1.165) is 12.8 Å². The van der Waals surface area contributed by atoms with E-state index in [9.17, 15) is 9.59 Å². The van der Waals surface area contributed by atoms with Gasteiger partial charge in [-0.1, -0.05) is 45.4 Å². The number of rotatable bonds is 8. The van der Waals surface area contributed by atoms with Crippen LogP contribution < -0.4 is 0 Å². The lowest BCUT2D eigenvalue weighted by Crippen LogP contribution is -2.42. The lowest BCUT2D eigenvalue weighted by Gasteiger charge is -2.32. The highest BCUT2D eigenvalue weighted by Crippen LogP contribution is 2.26. The molecule has 0 unspecified atom stereocenters. The van der Waals surface area contributed by atoms with E-state index in [1.165, 1.54) is 32.1 Å².